The second-order valence-electron chi connectivity index (χ2n) is 20.8. The lowest BCUT2D eigenvalue weighted by atomic mass is 9.42. The number of ether oxygens (including phenoxy) is 9. The van der Waals surface area contributed by atoms with Crippen molar-refractivity contribution >= 4 is 35.8 Å². The van der Waals surface area contributed by atoms with Gasteiger partial charge in [-0.25, -0.2) is 19.2 Å². The first-order chi connectivity index (χ1) is 33.8. The van der Waals surface area contributed by atoms with E-state index in [-0.39, 0.29) is 45.0 Å². The minimum absolute atomic E-state index is 0.00490. The number of amides is 1. The number of esters is 3. The van der Waals surface area contributed by atoms with Crippen LogP contribution in [0.3, 0.4) is 0 Å². The molecule has 21 heteroatoms. The molecule has 0 radical (unpaired) electrons. The number of carboxylic acid groups (broad SMARTS) is 1. The Morgan fingerprint density at radius 3 is 2.08 bits per heavy atom. The summed E-state index contributed by atoms with van der Waals surface area (Å²) >= 11 is 0. The van der Waals surface area contributed by atoms with Crippen LogP contribution in [0, 0.1) is 28.6 Å². The van der Waals surface area contributed by atoms with Crippen molar-refractivity contribution in [1.82, 2.24) is 5.32 Å². The summed E-state index contributed by atoms with van der Waals surface area (Å²) in [6.45, 7) is 10.8. The molecule has 1 heterocycles. The van der Waals surface area contributed by atoms with Gasteiger partial charge >= 0.3 is 30.0 Å². The summed E-state index contributed by atoms with van der Waals surface area (Å²) in [5.41, 5.74) is -8.46. The van der Waals surface area contributed by atoms with Gasteiger partial charge in [-0.15, -0.1) is 0 Å². The predicted molar refractivity (Wildman–Crippen MR) is 249 cm³/mol. The van der Waals surface area contributed by atoms with Gasteiger partial charge < -0.3 is 73.5 Å². The van der Waals surface area contributed by atoms with Gasteiger partial charge in [0.15, 0.2) is 23.8 Å². The van der Waals surface area contributed by atoms with Gasteiger partial charge in [-0.05, 0) is 51.3 Å². The summed E-state index contributed by atoms with van der Waals surface area (Å²) in [4.78, 5) is 81.9. The molecule has 398 valence electrons. The van der Waals surface area contributed by atoms with Crippen molar-refractivity contribution in [3.8, 4) is 0 Å². The fourth-order valence-corrected chi connectivity index (χ4v) is 11.1. The summed E-state index contributed by atoms with van der Waals surface area (Å²) < 4.78 is 52.1. The highest BCUT2D eigenvalue weighted by atomic mass is 16.7. The first-order valence-electron chi connectivity index (χ1n) is 24.0. The van der Waals surface area contributed by atoms with Crippen LogP contribution in [0.15, 0.2) is 60.7 Å². The van der Waals surface area contributed by atoms with E-state index in [9.17, 15) is 39.6 Å². The van der Waals surface area contributed by atoms with Crippen LogP contribution in [0.25, 0.3) is 0 Å². The quantitative estimate of drug-likeness (QED) is 0.0481. The van der Waals surface area contributed by atoms with Gasteiger partial charge in [0.2, 0.25) is 0 Å². The highest BCUT2D eigenvalue weighted by Gasteiger charge is 2.79. The SMILES string of the molecule is CC(=O)O[C@]12CO[C@H]1C[C@@H](O)[C@]1(C)C(=O)[C@@H](O)[C@H]3C(C)[C@H](OC(=O)[C@@H](O[C@H](O)COCCOCCOCC(=O)O)[C@H](NC(=O)OC(C)(C)C)c4ccccc4)C[C@](O)([C@H](OC(=O)c4ccccc4)[C@@H]21)C3(C)C. The molecule has 1 aliphatic heterocycles. The topological polar surface area (TPSA) is 299 Å². The maximum atomic E-state index is 15.3. The number of aliphatic carboxylic acids is 1. The molecule has 4 fully saturated rings. The van der Waals surface area contributed by atoms with E-state index in [1.165, 1.54) is 19.1 Å². The number of Topliss-reactive ketones (excluding diaryl/α,β-unsaturated/α-hetero) is 1. The number of aliphatic hydroxyl groups excluding tert-OH is 3. The number of hydrogen-bond acceptors (Lipinski definition) is 19. The van der Waals surface area contributed by atoms with E-state index in [1.807, 2.05) is 0 Å². The van der Waals surface area contributed by atoms with Crippen molar-refractivity contribution in [3.63, 3.8) is 0 Å². The maximum Gasteiger partial charge on any atom is 0.408 e. The Morgan fingerprint density at radius 2 is 1.50 bits per heavy atom. The number of aliphatic hydroxyl groups is 4. The van der Waals surface area contributed by atoms with Crippen LogP contribution in [0.2, 0.25) is 0 Å². The summed E-state index contributed by atoms with van der Waals surface area (Å²) in [5.74, 6) is -8.82. The molecule has 1 saturated heterocycles. The van der Waals surface area contributed by atoms with Crippen molar-refractivity contribution in [2.75, 3.05) is 46.2 Å². The van der Waals surface area contributed by atoms with Crippen LogP contribution >= 0.6 is 0 Å². The number of carbonyl (C=O) groups is 6. The first kappa shape index (κ1) is 56.2. The molecule has 21 nitrogen and oxygen atoms in total. The highest BCUT2D eigenvalue weighted by Crippen LogP contribution is 2.65. The van der Waals surface area contributed by atoms with Crippen LogP contribution in [-0.4, -0.2) is 167 Å². The van der Waals surface area contributed by atoms with Crippen molar-refractivity contribution < 1.29 is 96.9 Å². The lowest BCUT2D eigenvalue weighted by Gasteiger charge is -2.68. The molecular formula is C51H69NO20. The smallest absolute Gasteiger partial charge is 0.408 e. The Labute approximate surface area is 417 Å². The van der Waals surface area contributed by atoms with Gasteiger partial charge in [0, 0.05) is 31.1 Å². The number of carbonyl (C=O) groups excluding carboxylic acids is 5. The van der Waals surface area contributed by atoms with Gasteiger partial charge in [-0.1, -0.05) is 69.3 Å². The highest BCUT2D eigenvalue weighted by molar-refractivity contribution is 5.92. The number of carboxylic acids is 1. The molecule has 1 unspecified atom stereocenters. The number of ketones is 1. The fourth-order valence-electron chi connectivity index (χ4n) is 11.1. The largest absolute Gasteiger partial charge is 0.480 e. The van der Waals surface area contributed by atoms with E-state index in [2.05, 4.69) is 5.32 Å². The third kappa shape index (κ3) is 11.6. The molecule has 2 aromatic rings. The average Bonchev–Trinajstić information content (AvgIpc) is 3.30. The minimum Gasteiger partial charge on any atom is -0.480 e. The minimum atomic E-state index is -2.39. The molecule has 1 amide bonds. The standard InChI is InChI=1S/C51H69NO20/c1-28-32(68-45(61)40(69-36(57)26-66-22-20-64-19-21-65-25-35(55)56)38(30-15-11-9-12-16-30)52-46(62)72-47(3,4)5)24-51(63)43(70-44(60)31-17-13-10-14-18-31)41-49(8,42(59)39(58)37(28)48(51,6)7)33(54)23-34-50(41,27-67-34)71-29(2)53/h9-18,28,32-34,36-41,43,54,57-58,63H,19-27H2,1-8H3,(H,52,62)(H,55,56)/t28?,32-,33-,34+,36+,37-,38-,39+,40+,41-,43-,49+,50-,51+/m1/s1. The third-order valence-corrected chi connectivity index (χ3v) is 14.6. The summed E-state index contributed by atoms with van der Waals surface area (Å²) in [7, 11) is 0. The maximum absolute atomic E-state index is 15.3. The molecule has 2 bridgehead atoms. The molecule has 0 spiro atoms. The number of nitrogens with one attached hydrogen (secondary N) is 1. The number of benzene rings is 2. The van der Waals surface area contributed by atoms with E-state index < -0.39 is 150 Å². The Morgan fingerprint density at radius 1 is 0.889 bits per heavy atom. The fraction of sp³-hybridized carbons (Fsp3) is 0.647. The zero-order valence-corrected chi connectivity index (χ0v) is 41.8. The summed E-state index contributed by atoms with van der Waals surface area (Å²) in [5, 5.41) is 61.0. The lowest BCUT2D eigenvalue weighted by Crippen LogP contribution is -2.83. The number of alkyl carbamates (subject to hydrolysis) is 1. The van der Waals surface area contributed by atoms with Crippen LogP contribution in [0.5, 0.6) is 0 Å². The van der Waals surface area contributed by atoms with E-state index in [1.54, 1.807) is 90.1 Å². The first-order valence-corrected chi connectivity index (χ1v) is 24.0. The Hall–Kier alpha value is -5.10. The molecule has 0 aromatic heterocycles. The Bertz CT molecular complexity index is 2240. The third-order valence-electron chi connectivity index (χ3n) is 14.6. The molecule has 3 aliphatic carbocycles. The van der Waals surface area contributed by atoms with Crippen molar-refractivity contribution in [1.29, 1.82) is 0 Å². The van der Waals surface area contributed by atoms with Gasteiger partial charge in [-0.3, -0.25) is 9.59 Å². The second kappa shape index (κ2) is 22.6. The van der Waals surface area contributed by atoms with E-state index in [4.69, 9.17) is 47.7 Å². The van der Waals surface area contributed by atoms with E-state index >= 15 is 9.59 Å². The van der Waals surface area contributed by atoms with Gasteiger partial charge in [0.05, 0.1) is 68.7 Å². The van der Waals surface area contributed by atoms with Crippen molar-refractivity contribution in [2.45, 2.75) is 134 Å². The predicted octanol–water partition coefficient (Wildman–Crippen LogP) is 2.67. The average molecular weight is 1020 g/mol. The zero-order valence-electron chi connectivity index (χ0n) is 41.8. The van der Waals surface area contributed by atoms with Crippen LogP contribution in [0.4, 0.5) is 4.79 Å². The van der Waals surface area contributed by atoms with Gasteiger partial charge in [0.25, 0.3) is 0 Å². The molecular weight excluding hydrogens is 947 g/mol. The number of rotatable bonds is 20. The van der Waals surface area contributed by atoms with Crippen LogP contribution in [-0.2, 0) is 61.8 Å². The van der Waals surface area contributed by atoms with Crippen LogP contribution in [0.1, 0.15) is 90.2 Å². The lowest BCUT2D eigenvalue weighted by molar-refractivity contribution is -0.355. The second-order valence-corrected chi connectivity index (χ2v) is 20.8. The number of fused-ring (bicyclic) bond motifs is 5. The molecule has 14 atom stereocenters. The van der Waals surface area contributed by atoms with Crippen molar-refractivity contribution in [3.05, 3.63) is 71.8 Å². The molecule has 2 aromatic carbocycles. The zero-order chi connectivity index (χ0) is 53.0. The van der Waals surface area contributed by atoms with Crippen molar-refractivity contribution in [2.24, 2.45) is 28.6 Å². The Kier molecular flexibility index (Phi) is 17.6. The molecule has 6 rings (SSSR count). The van der Waals surface area contributed by atoms with Gasteiger partial charge in [0.1, 0.15) is 42.2 Å². The molecule has 3 saturated carbocycles. The number of hydrogen-bond donors (Lipinski definition) is 6. The Balaban J connectivity index is 1.40. The van der Waals surface area contributed by atoms with E-state index in [0.717, 1.165) is 6.92 Å². The molecule has 4 aliphatic rings. The molecule has 6 N–H and O–H groups in total. The molecule has 72 heavy (non-hydrogen) atoms. The van der Waals surface area contributed by atoms with Gasteiger partial charge in [-0.2, -0.15) is 0 Å². The monoisotopic (exact) mass is 1020 g/mol. The van der Waals surface area contributed by atoms with E-state index in [0.29, 0.717) is 5.56 Å². The summed E-state index contributed by atoms with van der Waals surface area (Å²) in [6.07, 6.45) is -13.4. The summed E-state index contributed by atoms with van der Waals surface area (Å²) in [6, 6.07) is 14.5. The van der Waals surface area contributed by atoms with Crippen LogP contribution < -0.4 is 5.32 Å². The normalized spacial score (nSPS) is 31.9.